The smallest absolute Gasteiger partial charge is 0.141 e. The Bertz CT molecular complexity index is 302. The maximum Gasteiger partial charge on any atom is 0.141 e. The van der Waals surface area contributed by atoms with Gasteiger partial charge in [-0.25, -0.2) is 4.39 Å². The molecule has 3 N–H and O–H groups in total. The van der Waals surface area contributed by atoms with Crippen LogP contribution in [0.1, 0.15) is 38.3 Å². The van der Waals surface area contributed by atoms with Crippen LogP contribution in [0.5, 0.6) is 0 Å². The summed E-state index contributed by atoms with van der Waals surface area (Å²) < 4.78 is 12.9. The zero-order chi connectivity index (χ0) is 11.3. The zero-order valence-corrected chi connectivity index (χ0v) is 9.20. The highest BCUT2D eigenvalue weighted by Gasteiger charge is 2.11. The number of halogens is 1. The minimum Gasteiger partial charge on any atom is -0.271 e. The van der Waals surface area contributed by atoms with Crippen molar-refractivity contribution in [2.75, 3.05) is 0 Å². The summed E-state index contributed by atoms with van der Waals surface area (Å²) in [5.74, 6) is 5.73. The Morgan fingerprint density at radius 3 is 2.67 bits per heavy atom. The molecule has 1 atom stereocenters. The fraction of sp³-hybridized carbons (Fsp3) is 0.545. The first-order chi connectivity index (χ1) is 7.13. The summed E-state index contributed by atoms with van der Waals surface area (Å²) >= 11 is 0. The topological polar surface area (TPSA) is 50.9 Å². The summed E-state index contributed by atoms with van der Waals surface area (Å²) in [6.07, 6.45) is 4.78. The van der Waals surface area contributed by atoms with E-state index in [1.807, 2.05) is 0 Å². The average Bonchev–Trinajstić information content (AvgIpc) is 2.18. The fourth-order valence-electron chi connectivity index (χ4n) is 1.47. The second kappa shape index (κ2) is 5.78. The maximum absolute atomic E-state index is 12.9. The van der Waals surface area contributed by atoms with Gasteiger partial charge in [0.25, 0.3) is 0 Å². The summed E-state index contributed by atoms with van der Waals surface area (Å²) in [5.41, 5.74) is 3.50. The van der Waals surface area contributed by atoms with Gasteiger partial charge >= 0.3 is 0 Å². The summed E-state index contributed by atoms with van der Waals surface area (Å²) in [4.78, 5) is 3.81. The molecule has 0 aliphatic carbocycles. The molecule has 0 amide bonds. The van der Waals surface area contributed by atoms with Crippen LogP contribution in [0.25, 0.3) is 0 Å². The van der Waals surface area contributed by atoms with Gasteiger partial charge in [0.2, 0.25) is 0 Å². The third-order valence-electron chi connectivity index (χ3n) is 2.36. The number of pyridine rings is 1. The van der Waals surface area contributed by atoms with Gasteiger partial charge in [0.05, 0.1) is 6.20 Å². The number of aromatic nitrogens is 1. The monoisotopic (exact) mass is 211 g/mol. The third kappa shape index (κ3) is 3.93. The molecule has 4 heteroatoms. The molecule has 0 saturated carbocycles. The van der Waals surface area contributed by atoms with E-state index in [2.05, 4.69) is 24.3 Å². The van der Waals surface area contributed by atoms with E-state index in [0.717, 1.165) is 18.4 Å². The normalized spacial score (nSPS) is 13.1. The van der Waals surface area contributed by atoms with Crippen LogP contribution in [0.3, 0.4) is 0 Å². The standard InChI is InChI=1S/C11H18FN3/c1-8(2)3-4-11(15-13)9-5-10(12)7-14-6-9/h5-8,11,15H,3-4,13H2,1-2H3. The molecule has 0 aromatic carbocycles. The molecule has 0 aliphatic rings. The maximum atomic E-state index is 12.9. The molecule has 1 aromatic heterocycles. The molecule has 1 heterocycles. The van der Waals surface area contributed by atoms with Crippen molar-refractivity contribution in [2.24, 2.45) is 11.8 Å². The van der Waals surface area contributed by atoms with Crippen molar-refractivity contribution in [3.05, 3.63) is 29.8 Å². The van der Waals surface area contributed by atoms with Gasteiger partial charge in [0.1, 0.15) is 5.82 Å². The minimum atomic E-state index is -0.322. The Morgan fingerprint density at radius 1 is 1.40 bits per heavy atom. The quantitative estimate of drug-likeness (QED) is 0.579. The van der Waals surface area contributed by atoms with E-state index in [-0.39, 0.29) is 11.9 Å². The van der Waals surface area contributed by atoms with Crippen molar-refractivity contribution >= 4 is 0 Å². The lowest BCUT2D eigenvalue weighted by atomic mass is 9.99. The zero-order valence-electron chi connectivity index (χ0n) is 9.20. The lowest BCUT2D eigenvalue weighted by molar-refractivity contribution is 0.445. The highest BCUT2D eigenvalue weighted by Crippen LogP contribution is 2.19. The van der Waals surface area contributed by atoms with Crippen molar-refractivity contribution in [3.8, 4) is 0 Å². The van der Waals surface area contributed by atoms with Gasteiger partial charge in [-0.1, -0.05) is 13.8 Å². The molecule has 1 aromatic rings. The Morgan fingerprint density at radius 2 is 2.13 bits per heavy atom. The van der Waals surface area contributed by atoms with Gasteiger partial charge in [-0.2, -0.15) is 0 Å². The van der Waals surface area contributed by atoms with Gasteiger partial charge < -0.3 is 0 Å². The molecule has 15 heavy (non-hydrogen) atoms. The van der Waals surface area contributed by atoms with Crippen LogP contribution >= 0.6 is 0 Å². The number of hydrogen-bond acceptors (Lipinski definition) is 3. The van der Waals surface area contributed by atoms with Gasteiger partial charge in [-0.15, -0.1) is 0 Å². The molecule has 0 fully saturated rings. The lowest BCUT2D eigenvalue weighted by Crippen LogP contribution is -2.28. The number of rotatable bonds is 5. The average molecular weight is 211 g/mol. The number of nitrogens with one attached hydrogen (secondary N) is 1. The summed E-state index contributed by atoms with van der Waals surface area (Å²) in [7, 11) is 0. The SMILES string of the molecule is CC(C)CCC(NN)c1cncc(F)c1. The van der Waals surface area contributed by atoms with E-state index in [1.54, 1.807) is 6.20 Å². The Balaban J connectivity index is 2.65. The number of nitrogens with two attached hydrogens (primary N) is 1. The van der Waals surface area contributed by atoms with Crippen molar-refractivity contribution in [1.82, 2.24) is 10.4 Å². The molecular formula is C11H18FN3. The second-order valence-corrected chi connectivity index (χ2v) is 4.13. The van der Waals surface area contributed by atoms with Crippen molar-refractivity contribution in [2.45, 2.75) is 32.7 Å². The summed E-state index contributed by atoms with van der Waals surface area (Å²) in [6.45, 7) is 4.30. The molecule has 1 unspecified atom stereocenters. The van der Waals surface area contributed by atoms with Crippen molar-refractivity contribution in [3.63, 3.8) is 0 Å². The molecule has 0 bridgehead atoms. The van der Waals surface area contributed by atoms with Crippen LogP contribution in [0, 0.1) is 11.7 Å². The first-order valence-electron chi connectivity index (χ1n) is 5.20. The van der Waals surface area contributed by atoms with Gasteiger partial charge in [0.15, 0.2) is 0 Å². The second-order valence-electron chi connectivity index (χ2n) is 4.13. The van der Waals surface area contributed by atoms with E-state index in [1.165, 1.54) is 12.3 Å². The molecule has 0 saturated heterocycles. The van der Waals surface area contributed by atoms with E-state index in [4.69, 9.17) is 5.84 Å². The fourth-order valence-corrected chi connectivity index (χ4v) is 1.47. The van der Waals surface area contributed by atoms with E-state index >= 15 is 0 Å². The predicted molar refractivity (Wildman–Crippen MR) is 58.3 cm³/mol. The van der Waals surface area contributed by atoms with Crippen molar-refractivity contribution < 1.29 is 4.39 Å². The molecule has 0 radical (unpaired) electrons. The van der Waals surface area contributed by atoms with Gasteiger partial charge in [-0.05, 0) is 30.4 Å². The third-order valence-corrected chi connectivity index (χ3v) is 2.36. The highest BCUT2D eigenvalue weighted by atomic mass is 19.1. The Hall–Kier alpha value is -1.00. The number of nitrogens with zero attached hydrogens (tertiary/aromatic N) is 1. The van der Waals surface area contributed by atoms with Crippen molar-refractivity contribution in [1.29, 1.82) is 0 Å². The Kier molecular flexibility index (Phi) is 4.65. The molecule has 0 aliphatic heterocycles. The van der Waals surface area contributed by atoms with Crippen LogP contribution in [-0.4, -0.2) is 4.98 Å². The summed E-state index contributed by atoms with van der Waals surface area (Å²) in [6, 6.07) is 1.45. The van der Waals surface area contributed by atoms with Gasteiger partial charge in [-0.3, -0.25) is 16.3 Å². The van der Waals surface area contributed by atoms with E-state index in [9.17, 15) is 4.39 Å². The Labute approximate surface area is 89.9 Å². The number of hydrazine groups is 1. The first kappa shape index (κ1) is 12.1. The van der Waals surface area contributed by atoms with Crippen LogP contribution < -0.4 is 11.3 Å². The lowest BCUT2D eigenvalue weighted by Gasteiger charge is -2.16. The van der Waals surface area contributed by atoms with E-state index < -0.39 is 0 Å². The van der Waals surface area contributed by atoms with Crippen LogP contribution in [0.2, 0.25) is 0 Å². The predicted octanol–water partition coefficient (Wildman–Crippen LogP) is 2.16. The molecular weight excluding hydrogens is 193 g/mol. The molecule has 1 rings (SSSR count). The first-order valence-corrected chi connectivity index (χ1v) is 5.20. The molecule has 3 nitrogen and oxygen atoms in total. The van der Waals surface area contributed by atoms with Crippen LogP contribution in [0.15, 0.2) is 18.5 Å². The minimum absolute atomic E-state index is 0.0180. The molecule has 84 valence electrons. The largest absolute Gasteiger partial charge is 0.271 e. The highest BCUT2D eigenvalue weighted by molar-refractivity contribution is 5.14. The van der Waals surface area contributed by atoms with Gasteiger partial charge in [0, 0.05) is 12.2 Å². The molecule has 0 spiro atoms. The van der Waals surface area contributed by atoms with Crippen LogP contribution in [-0.2, 0) is 0 Å². The number of hydrogen-bond donors (Lipinski definition) is 2. The van der Waals surface area contributed by atoms with Crippen LogP contribution in [0.4, 0.5) is 4.39 Å². The summed E-state index contributed by atoms with van der Waals surface area (Å²) in [5, 5.41) is 0. The van der Waals surface area contributed by atoms with E-state index in [0.29, 0.717) is 5.92 Å².